The summed E-state index contributed by atoms with van der Waals surface area (Å²) in [5, 5.41) is 0. The van der Waals surface area contributed by atoms with Gasteiger partial charge >= 0.3 is 0 Å². The summed E-state index contributed by atoms with van der Waals surface area (Å²) in [6.07, 6.45) is 1.46. The largest absolute Gasteiger partial charge is 0.368 e. The molecule has 1 aromatic heterocycles. The number of hydrogen-bond acceptors (Lipinski definition) is 4. The van der Waals surface area contributed by atoms with Crippen LogP contribution in [0.4, 0.5) is 4.39 Å². The molecule has 0 aliphatic carbocycles. The molecule has 0 saturated carbocycles. The lowest BCUT2D eigenvalue weighted by Gasteiger charge is -2.35. The van der Waals surface area contributed by atoms with E-state index in [-0.39, 0.29) is 23.6 Å². The second-order valence-electron chi connectivity index (χ2n) is 8.58. The van der Waals surface area contributed by atoms with Gasteiger partial charge in [0.05, 0.1) is 6.54 Å². The second-order valence-corrected chi connectivity index (χ2v) is 8.58. The molecule has 0 radical (unpaired) electrons. The van der Waals surface area contributed by atoms with Crippen LogP contribution >= 0.6 is 0 Å². The van der Waals surface area contributed by atoms with Crippen LogP contribution in [0.25, 0.3) is 5.69 Å². The van der Waals surface area contributed by atoms with Crippen molar-refractivity contribution in [2.45, 2.75) is 39.7 Å². The average Bonchev–Trinajstić information content (AvgIpc) is 3.38. The number of Topliss-reactive ketones (excluding diaryl/α,β-unsaturated/α-hetero) is 1. The first-order valence-corrected chi connectivity index (χ1v) is 11.0. The minimum Gasteiger partial charge on any atom is -0.368 e. The quantitative estimate of drug-likeness (QED) is 0.689. The molecule has 0 bridgehead atoms. The van der Waals surface area contributed by atoms with Gasteiger partial charge in [-0.1, -0.05) is 6.07 Å². The molecule has 2 saturated heterocycles. The number of nitrogens with zero attached hydrogens (tertiary/aromatic N) is 3. The van der Waals surface area contributed by atoms with Crippen LogP contribution in [0.5, 0.6) is 0 Å². The summed E-state index contributed by atoms with van der Waals surface area (Å²) in [6, 6.07) is 7.01. The monoisotopic (exact) mass is 427 g/mol. The van der Waals surface area contributed by atoms with Gasteiger partial charge in [-0.15, -0.1) is 0 Å². The van der Waals surface area contributed by atoms with Gasteiger partial charge in [0.25, 0.3) is 5.91 Å². The maximum Gasteiger partial charge on any atom is 0.251 e. The van der Waals surface area contributed by atoms with Crippen molar-refractivity contribution in [3.8, 4) is 5.69 Å². The summed E-state index contributed by atoms with van der Waals surface area (Å²) >= 11 is 0. The molecule has 1 aromatic carbocycles. The first kappa shape index (κ1) is 21.7. The van der Waals surface area contributed by atoms with Crippen molar-refractivity contribution in [2.24, 2.45) is 0 Å². The minimum atomic E-state index is -0.287. The van der Waals surface area contributed by atoms with Crippen LogP contribution in [-0.4, -0.2) is 71.5 Å². The van der Waals surface area contributed by atoms with Gasteiger partial charge < -0.3 is 14.2 Å². The number of carbonyl (C=O) groups excluding carboxylic acids is 2. The van der Waals surface area contributed by atoms with E-state index in [1.165, 1.54) is 6.07 Å². The Kier molecular flexibility index (Phi) is 6.25. The molecule has 2 aliphatic rings. The predicted octanol–water partition coefficient (Wildman–Crippen LogP) is 3.05. The van der Waals surface area contributed by atoms with E-state index in [9.17, 15) is 14.0 Å². The molecule has 166 valence electrons. The third-order valence-electron chi connectivity index (χ3n) is 6.40. The van der Waals surface area contributed by atoms with Crippen molar-refractivity contribution >= 4 is 11.7 Å². The molecule has 0 N–H and O–H groups in total. The molecule has 2 aromatic rings. The van der Waals surface area contributed by atoms with Crippen molar-refractivity contribution in [1.29, 1.82) is 0 Å². The Labute approximate surface area is 182 Å². The van der Waals surface area contributed by atoms with Crippen LogP contribution < -0.4 is 0 Å². The smallest absolute Gasteiger partial charge is 0.251 e. The number of ketones is 1. The lowest BCUT2D eigenvalue weighted by atomic mass is 10.1. The van der Waals surface area contributed by atoms with E-state index in [0.29, 0.717) is 50.5 Å². The van der Waals surface area contributed by atoms with E-state index >= 15 is 0 Å². The van der Waals surface area contributed by atoms with E-state index in [4.69, 9.17) is 4.74 Å². The van der Waals surface area contributed by atoms with Gasteiger partial charge in [0.15, 0.2) is 5.78 Å². The predicted molar refractivity (Wildman–Crippen MR) is 116 cm³/mol. The standard InChI is InChI=1S/C24H30FN3O3/c1-16-6-7-19(14-21(16)25)28-17(2)13-20(18(28)3)22(29)15-26-8-10-27(11-9-26)24(30)23-5-4-12-31-23/h6-7,13-14,23H,4-5,8-12,15H2,1-3H3. The number of ether oxygens (including phenoxy) is 1. The molecular formula is C24H30FN3O3. The molecule has 1 atom stereocenters. The van der Waals surface area contributed by atoms with Gasteiger partial charge in [0.1, 0.15) is 11.9 Å². The van der Waals surface area contributed by atoms with Crippen molar-refractivity contribution in [3.05, 3.63) is 52.6 Å². The van der Waals surface area contributed by atoms with Crippen molar-refractivity contribution in [3.63, 3.8) is 0 Å². The van der Waals surface area contributed by atoms with E-state index in [0.717, 1.165) is 29.9 Å². The van der Waals surface area contributed by atoms with Gasteiger partial charge in [-0.25, -0.2) is 4.39 Å². The highest BCUT2D eigenvalue weighted by Crippen LogP contribution is 2.23. The molecule has 7 heteroatoms. The number of carbonyl (C=O) groups is 2. The number of piperazine rings is 1. The minimum absolute atomic E-state index is 0.0471. The first-order valence-electron chi connectivity index (χ1n) is 11.0. The summed E-state index contributed by atoms with van der Waals surface area (Å²) in [4.78, 5) is 29.5. The fourth-order valence-corrected chi connectivity index (χ4v) is 4.55. The van der Waals surface area contributed by atoms with E-state index in [1.54, 1.807) is 13.0 Å². The molecule has 31 heavy (non-hydrogen) atoms. The molecule has 3 heterocycles. The Morgan fingerprint density at radius 1 is 1.10 bits per heavy atom. The maximum absolute atomic E-state index is 14.1. The van der Waals surface area contributed by atoms with Gasteiger partial charge in [-0.05, 0) is 57.4 Å². The Bertz CT molecular complexity index is 986. The molecule has 0 spiro atoms. The molecular weight excluding hydrogens is 397 g/mol. The second kappa shape index (κ2) is 8.93. The van der Waals surface area contributed by atoms with Crippen LogP contribution in [-0.2, 0) is 9.53 Å². The highest BCUT2D eigenvalue weighted by atomic mass is 19.1. The Balaban J connectivity index is 1.40. The number of hydrogen-bond donors (Lipinski definition) is 0. The third kappa shape index (κ3) is 4.43. The average molecular weight is 428 g/mol. The summed E-state index contributed by atoms with van der Waals surface area (Å²) in [5.41, 5.74) is 3.70. The Morgan fingerprint density at radius 3 is 2.48 bits per heavy atom. The van der Waals surface area contributed by atoms with Crippen LogP contribution in [0, 0.1) is 26.6 Å². The SMILES string of the molecule is Cc1ccc(-n2c(C)cc(C(=O)CN3CCN(C(=O)C4CCCO4)CC3)c2C)cc1F. The molecule has 4 rings (SSSR count). The fourth-order valence-electron chi connectivity index (χ4n) is 4.55. The maximum atomic E-state index is 14.1. The molecule has 2 fully saturated rings. The molecule has 1 amide bonds. The van der Waals surface area contributed by atoms with Gasteiger partial charge in [0.2, 0.25) is 0 Å². The van der Waals surface area contributed by atoms with Crippen molar-refractivity contribution in [2.75, 3.05) is 39.3 Å². The molecule has 2 aliphatic heterocycles. The summed E-state index contributed by atoms with van der Waals surface area (Å²) in [6.45, 7) is 9.12. The Hall–Kier alpha value is -2.51. The van der Waals surface area contributed by atoms with Crippen LogP contribution in [0.15, 0.2) is 24.3 Å². The van der Waals surface area contributed by atoms with Gasteiger partial charge in [-0.2, -0.15) is 0 Å². The summed E-state index contributed by atoms with van der Waals surface area (Å²) in [5.74, 6) is -0.128. The number of rotatable bonds is 5. The normalized spacial score (nSPS) is 19.7. The van der Waals surface area contributed by atoms with E-state index in [2.05, 4.69) is 4.90 Å². The lowest BCUT2D eigenvalue weighted by molar-refractivity contribution is -0.142. The number of aromatic nitrogens is 1. The number of benzene rings is 1. The highest BCUT2D eigenvalue weighted by molar-refractivity contribution is 5.99. The number of amides is 1. The summed E-state index contributed by atoms with van der Waals surface area (Å²) < 4.78 is 21.5. The van der Waals surface area contributed by atoms with E-state index < -0.39 is 0 Å². The van der Waals surface area contributed by atoms with Gasteiger partial charge in [0, 0.05) is 55.4 Å². The number of halogens is 1. The van der Waals surface area contributed by atoms with E-state index in [1.807, 2.05) is 35.4 Å². The Morgan fingerprint density at radius 2 is 1.84 bits per heavy atom. The van der Waals surface area contributed by atoms with Crippen LogP contribution in [0.3, 0.4) is 0 Å². The van der Waals surface area contributed by atoms with Crippen molar-refractivity contribution < 1.29 is 18.7 Å². The topological polar surface area (TPSA) is 54.8 Å². The molecule has 1 unspecified atom stereocenters. The fraction of sp³-hybridized carbons (Fsp3) is 0.500. The zero-order valence-electron chi connectivity index (χ0n) is 18.5. The summed E-state index contributed by atoms with van der Waals surface area (Å²) in [7, 11) is 0. The third-order valence-corrected chi connectivity index (χ3v) is 6.40. The zero-order valence-corrected chi connectivity index (χ0v) is 18.5. The molecule has 6 nitrogen and oxygen atoms in total. The van der Waals surface area contributed by atoms with Crippen LogP contribution in [0.2, 0.25) is 0 Å². The van der Waals surface area contributed by atoms with Gasteiger partial charge in [-0.3, -0.25) is 14.5 Å². The lowest BCUT2D eigenvalue weighted by Crippen LogP contribution is -2.52. The zero-order chi connectivity index (χ0) is 22.1. The first-order chi connectivity index (χ1) is 14.8. The van der Waals surface area contributed by atoms with Crippen molar-refractivity contribution in [1.82, 2.24) is 14.4 Å². The number of aryl methyl sites for hydroxylation is 2. The highest BCUT2D eigenvalue weighted by Gasteiger charge is 2.31. The van der Waals surface area contributed by atoms with Crippen LogP contribution in [0.1, 0.15) is 40.2 Å².